The van der Waals surface area contributed by atoms with Crippen LogP contribution >= 0.6 is 0 Å². The van der Waals surface area contributed by atoms with Crippen LogP contribution in [0, 0.1) is 0 Å². The summed E-state index contributed by atoms with van der Waals surface area (Å²) in [4.78, 5) is 0. The molecule has 19 heteroatoms. The molecular weight excluding hydrogens is 532 g/mol. The first-order chi connectivity index (χ1) is 18.5. The van der Waals surface area contributed by atoms with Gasteiger partial charge in [-0.2, -0.15) is 0 Å². The first kappa shape index (κ1) is 30.5. The van der Waals surface area contributed by atoms with Gasteiger partial charge in [0.1, 0.15) is 48.8 Å². The molecule has 4 rings (SSSR count). The highest BCUT2D eigenvalue weighted by molar-refractivity contribution is 5.01. The summed E-state index contributed by atoms with van der Waals surface area (Å²) in [6.45, 7) is -2.31. The minimum absolute atomic E-state index is 0.672. The maximum absolute atomic E-state index is 11.0. The topological polar surface area (TPSA) is 317 Å². The number of aromatic nitrogens is 3. The number of nitrogens with zero attached hydrogens (tertiary/aromatic N) is 3. The standard InChI is InChI=1S/C20H36N6O13/c21-8-11(30)14(6(3-27)35-17(8)34)37-18-9(22)12(31)15(7(4-28)36-18)38-19-10(23)13(32)16(33)20(5-29,39-19)26-2-1-24-25-26/h1-2,6-19,27-34H,3-5,21-23H2/t6-,7-,8-,9-,10-,11-,12-,13-,14?,15?,16+,17-,18+,19+,20-/m1/s1. The Morgan fingerprint density at radius 3 is 1.92 bits per heavy atom. The third kappa shape index (κ3) is 5.42. The minimum Gasteiger partial charge on any atom is -0.394 e. The van der Waals surface area contributed by atoms with E-state index in [1.165, 1.54) is 12.4 Å². The van der Waals surface area contributed by atoms with Crippen LogP contribution in [0.4, 0.5) is 0 Å². The minimum atomic E-state index is -2.07. The van der Waals surface area contributed by atoms with Crippen molar-refractivity contribution in [1.82, 2.24) is 15.0 Å². The lowest BCUT2D eigenvalue weighted by atomic mass is 9.92. The van der Waals surface area contributed by atoms with E-state index < -0.39 is 111 Å². The molecule has 4 heterocycles. The van der Waals surface area contributed by atoms with E-state index in [4.69, 9.17) is 40.9 Å². The highest BCUT2D eigenvalue weighted by atomic mass is 16.7. The molecule has 1 aromatic rings. The molecule has 0 saturated carbocycles. The maximum Gasteiger partial charge on any atom is 0.216 e. The fourth-order valence-electron chi connectivity index (χ4n) is 4.87. The van der Waals surface area contributed by atoms with Gasteiger partial charge in [-0.15, -0.1) is 5.10 Å². The van der Waals surface area contributed by atoms with Crippen molar-refractivity contribution in [2.24, 2.45) is 17.2 Å². The van der Waals surface area contributed by atoms with Gasteiger partial charge in [-0.25, -0.2) is 4.68 Å². The molecule has 1 aromatic heterocycles. The number of ether oxygens (including phenoxy) is 5. The Bertz CT molecular complexity index is 917. The Labute approximate surface area is 221 Å². The molecule has 0 amide bonds. The Balaban J connectivity index is 1.52. The SMILES string of the molecule is N[C@H]1[C@@H](OC2[C@@H](CO)O[C@@H](OC3[C@@H](CO)O[C@@H](O)[C@H](N)[C@H]3O)[C@H](N)[C@H]2O)O[C@@](CO)(n2ccnn2)[C@@H](O)[C@@H]1O. The Morgan fingerprint density at radius 2 is 1.36 bits per heavy atom. The summed E-state index contributed by atoms with van der Waals surface area (Å²) in [7, 11) is 0. The second-order valence-corrected chi connectivity index (χ2v) is 9.66. The molecule has 39 heavy (non-hydrogen) atoms. The normalized spacial score (nSPS) is 49.2. The van der Waals surface area contributed by atoms with Gasteiger partial charge in [0.05, 0.1) is 44.1 Å². The van der Waals surface area contributed by atoms with Crippen LogP contribution in [0.25, 0.3) is 0 Å². The second-order valence-electron chi connectivity index (χ2n) is 9.66. The van der Waals surface area contributed by atoms with E-state index in [0.29, 0.717) is 0 Å². The molecule has 0 aliphatic carbocycles. The van der Waals surface area contributed by atoms with Crippen molar-refractivity contribution in [3.05, 3.63) is 12.4 Å². The fourth-order valence-corrected chi connectivity index (χ4v) is 4.87. The number of aliphatic hydroxyl groups excluding tert-OH is 8. The zero-order chi connectivity index (χ0) is 28.6. The van der Waals surface area contributed by atoms with Crippen molar-refractivity contribution in [2.45, 2.75) is 91.6 Å². The highest BCUT2D eigenvalue weighted by Gasteiger charge is 2.57. The summed E-state index contributed by atoms with van der Waals surface area (Å²) in [5.74, 6) is 0. The summed E-state index contributed by atoms with van der Waals surface area (Å²) in [5.41, 5.74) is 15.8. The van der Waals surface area contributed by atoms with Crippen molar-refractivity contribution in [3.8, 4) is 0 Å². The highest BCUT2D eigenvalue weighted by Crippen LogP contribution is 2.36. The van der Waals surface area contributed by atoms with Crippen LogP contribution in [-0.2, 0) is 29.4 Å². The number of rotatable bonds is 8. The van der Waals surface area contributed by atoms with Gasteiger partial charge >= 0.3 is 0 Å². The molecule has 14 N–H and O–H groups in total. The largest absolute Gasteiger partial charge is 0.394 e. The monoisotopic (exact) mass is 568 g/mol. The Kier molecular flexibility index (Phi) is 9.50. The van der Waals surface area contributed by atoms with Crippen molar-refractivity contribution >= 4 is 0 Å². The van der Waals surface area contributed by atoms with Crippen molar-refractivity contribution in [2.75, 3.05) is 19.8 Å². The first-order valence-corrected chi connectivity index (χ1v) is 12.2. The van der Waals surface area contributed by atoms with Gasteiger partial charge in [0.25, 0.3) is 0 Å². The van der Waals surface area contributed by atoms with Gasteiger partial charge in [0.2, 0.25) is 5.72 Å². The van der Waals surface area contributed by atoms with E-state index >= 15 is 0 Å². The van der Waals surface area contributed by atoms with Crippen LogP contribution in [0.1, 0.15) is 0 Å². The number of nitrogens with two attached hydrogens (primary N) is 3. The second kappa shape index (κ2) is 12.2. The lowest BCUT2D eigenvalue weighted by Gasteiger charge is -2.50. The van der Waals surface area contributed by atoms with Crippen molar-refractivity contribution in [1.29, 1.82) is 0 Å². The molecule has 15 atom stereocenters. The molecule has 19 nitrogen and oxygen atoms in total. The smallest absolute Gasteiger partial charge is 0.216 e. The van der Waals surface area contributed by atoms with E-state index in [1.54, 1.807) is 0 Å². The van der Waals surface area contributed by atoms with E-state index in [1.807, 2.05) is 0 Å². The van der Waals surface area contributed by atoms with E-state index in [0.717, 1.165) is 4.68 Å². The molecular formula is C20H36N6O13. The molecule has 0 radical (unpaired) electrons. The molecule has 3 aliphatic heterocycles. The van der Waals surface area contributed by atoms with Crippen LogP contribution in [0.3, 0.4) is 0 Å². The fraction of sp³-hybridized carbons (Fsp3) is 0.900. The van der Waals surface area contributed by atoms with Crippen LogP contribution in [0.5, 0.6) is 0 Å². The van der Waals surface area contributed by atoms with Gasteiger partial charge in [-0.1, -0.05) is 5.21 Å². The summed E-state index contributed by atoms with van der Waals surface area (Å²) in [6, 6.07) is -4.09. The van der Waals surface area contributed by atoms with Gasteiger partial charge in [-0.3, -0.25) is 0 Å². The first-order valence-electron chi connectivity index (χ1n) is 12.2. The Morgan fingerprint density at radius 1 is 0.795 bits per heavy atom. The lowest BCUT2D eigenvalue weighted by molar-refractivity contribution is -0.377. The lowest BCUT2D eigenvalue weighted by Crippen LogP contribution is -2.71. The van der Waals surface area contributed by atoms with E-state index in [2.05, 4.69) is 10.3 Å². The van der Waals surface area contributed by atoms with Crippen LogP contribution in [0.2, 0.25) is 0 Å². The molecule has 3 fully saturated rings. The molecule has 0 spiro atoms. The predicted octanol–water partition coefficient (Wildman–Crippen LogP) is -8.10. The zero-order valence-electron chi connectivity index (χ0n) is 20.6. The number of hydrogen-bond acceptors (Lipinski definition) is 18. The molecule has 2 unspecified atom stereocenters. The van der Waals surface area contributed by atoms with Crippen LogP contribution in [0.15, 0.2) is 12.4 Å². The summed E-state index contributed by atoms with van der Waals surface area (Å²) < 4.78 is 29.1. The van der Waals surface area contributed by atoms with Crippen LogP contribution in [-0.4, -0.2) is 161 Å². The van der Waals surface area contributed by atoms with Crippen molar-refractivity contribution < 1.29 is 64.5 Å². The quantitative estimate of drug-likeness (QED) is 0.139. The predicted molar refractivity (Wildman–Crippen MR) is 121 cm³/mol. The summed E-state index contributed by atoms with van der Waals surface area (Å²) in [5, 5.41) is 89.6. The maximum atomic E-state index is 11.0. The number of hydrogen-bond donors (Lipinski definition) is 11. The third-order valence-electron chi connectivity index (χ3n) is 7.26. The van der Waals surface area contributed by atoms with Gasteiger partial charge in [0.15, 0.2) is 18.9 Å². The number of aliphatic hydroxyl groups is 8. The third-order valence-corrected chi connectivity index (χ3v) is 7.26. The van der Waals surface area contributed by atoms with Crippen LogP contribution < -0.4 is 17.2 Å². The summed E-state index contributed by atoms with van der Waals surface area (Å²) >= 11 is 0. The van der Waals surface area contributed by atoms with Gasteiger partial charge < -0.3 is 81.7 Å². The van der Waals surface area contributed by atoms with E-state index in [-0.39, 0.29) is 0 Å². The molecule has 0 aromatic carbocycles. The average molecular weight is 569 g/mol. The van der Waals surface area contributed by atoms with E-state index in [9.17, 15) is 40.9 Å². The summed E-state index contributed by atoms with van der Waals surface area (Å²) in [6.07, 6.45) is -14.1. The molecule has 0 bridgehead atoms. The Hall–Kier alpha value is -1.50. The zero-order valence-corrected chi connectivity index (χ0v) is 20.6. The van der Waals surface area contributed by atoms with Gasteiger partial charge in [0, 0.05) is 6.20 Å². The van der Waals surface area contributed by atoms with Gasteiger partial charge in [-0.05, 0) is 0 Å². The average Bonchev–Trinajstić information content (AvgIpc) is 3.48. The molecule has 3 aliphatic rings. The van der Waals surface area contributed by atoms with Crippen molar-refractivity contribution in [3.63, 3.8) is 0 Å². The molecule has 3 saturated heterocycles. The molecule has 224 valence electrons.